The zero-order chi connectivity index (χ0) is 33.1. The summed E-state index contributed by atoms with van der Waals surface area (Å²) in [5.74, 6) is 1.66. The van der Waals surface area contributed by atoms with Crippen LogP contribution in [0.4, 0.5) is 5.69 Å². The quantitative estimate of drug-likeness (QED) is 0.155. The lowest BCUT2D eigenvalue weighted by atomic mass is 9.67. The molecule has 236 valence electrons. The number of nitrogens with one attached hydrogen (secondary N) is 1. The van der Waals surface area contributed by atoms with E-state index < -0.39 is 5.41 Å². The molecule has 1 aliphatic rings. The molecule has 6 aromatic rings. The van der Waals surface area contributed by atoms with E-state index in [1.165, 1.54) is 38.9 Å². The Morgan fingerprint density at radius 2 is 1.02 bits per heavy atom. The second-order valence-electron chi connectivity index (χ2n) is 12.3. The Balaban J connectivity index is 1.28. The van der Waals surface area contributed by atoms with Crippen LogP contribution in [-0.2, 0) is 18.6 Å². The van der Waals surface area contributed by atoms with Gasteiger partial charge in [-0.3, -0.25) is 0 Å². The monoisotopic (exact) mass is 625 g/mol. The van der Waals surface area contributed by atoms with E-state index in [2.05, 4.69) is 159 Å². The molecule has 0 aliphatic heterocycles. The number of aryl methyl sites for hydroxylation is 1. The number of ether oxygens (including phenoxy) is 2. The predicted octanol–water partition coefficient (Wildman–Crippen LogP) is 10.8. The molecule has 3 heteroatoms. The van der Waals surface area contributed by atoms with Crippen molar-refractivity contribution < 1.29 is 9.47 Å². The Morgan fingerprint density at radius 3 is 1.48 bits per heavy atom. The highest BCUT2D eigenvalue weighted by atomic mass is 16.5. The highest BCUT2D eigenvalue weighted by Crippen LogP contribution is 2.57. The summed E-state index contributed by atoms with van der Waals surface area (Å²) < 4.78 is 12.5. The van der Waals surface area contributed by atoms with E-state index in [1.807, 2.05) is 19.2 Å². The summed E-state index contributed by atoms with van der Waals surface area (Å²) in [7, 11) is 1.98. The van der Waals surface area contributed by atoms with Crippen LogP contribution >= 0.6 is 0 Å². The lowest BCUT2D eigenvalue weighted by molar-refractivity contribution is 0.306. The maximum Gasteiger partial charge on any atom is 0.119 e. The van der Waals surface area contributed by atoms with Crippen LogP contribution in [0.3, 0.4) is 0 Å². The van der Waals surface area contributed by atoms with Gasteiger partial charge in [-0.1, -0.05) is 128 Å². The molecular weight excluding hydrogens is 587 g/mol. The van der Waals surface area contributed by atoms with Gasteiger partial charge in [0.15, 0.2) is 0 Å². The first-order valence-electron chi connectivity index (χ1n) is 16.3. The molecule has 48 heavy (non-hydrogen) atoms. The van der Waals surface area contributed by atoms with E-state index in [0.717, 1.165) is 39.4 Å². The first-order valence-corrected chi connectivity index (χ1v) is 16.3. The lowest BCUT2D eigenvalue weighted by Crippen LogP contribution is -2.28. The first kappa shape index (κ1) is 30.8. The number of rotatable bonds is 11. The van der Waals surface area contributed by atoms with Crippen LogP contribution in [0, 0.1) is 6.92 Å². The van der Waals surface area contributed by atoms with Gasteiger partial charge >= 0.3 is 0 Å². The van der Waals surface area contributed by atoms with Crippen LogP contribution in [0.1, 0.15) is 50.1 Å². The van der Waals surface area contributed by atoms with Gasteiger partial charge in [0, 0.05) is 12.7 Å². The van der Waals surface area contributed by atoms with E-state index in [-0.39, 0.29) is 0 Å². The van der Waals surface area contributed by atoms with Crippen LogP contribution in [0.2, 0.25) is 0 Å². The molecule has 0 radical (unpaired) electrons. The van der Waals surface area contributed by atoms with Crippen molar-refractivity contribution in [3.05, 3.63) is 197 Å². The van der Waals surface area contributed by atoms with Crippen molar-refractivity contribution >= 4 is 17.8 Å². The average molecular weight is 626 g/mol. The molecule has 1 aliphatic carbocycles. The summed E-state index contributed by atoms with van der Waals surface area (Å²) in [5, 5.41) is 3.38. The van der Waals surface area contributed by atoms with Gasteiger partial charge in [-0.15, -0.1) is 0 Å². The molecule has 1 N–H and O–H groups in total. The molecule has 0 unspecified atom stereocenters. The SMILES string of the molecule is C=Cc1ccc(COc2ccc(C3(c4ccc(OCc5ccc(C=C)cc5)cc4)c4cc(C)ccc4-c4ccc(NC)cc43)cc2)cc1. The van der Waals surface area contributed by atoms with Crippen LogP contribution in [-0.4, -0.2) is 7.05 Å². The summed E-state index contributed by atoms with van der Waals surface area (Å²) in [6.45, 7) is 10.9. The first-order chi connectivity index (χ1) is 23.5. The Bertz CT molecular complexity index is 1970. The zero-order valence-corrected chi connectivity index (χ0v) is 27.5. The molecule has 0 amide bonds. The molecule has 6 aromatic carbocycles. The molecule has 0 fully saturated rings. The van der Waals surface area contributed by atoms with E-state index in [1.54, 1.807) is 0 Å². The fraction of sp³-hybridized carbons (Fsp3) is 0.111. The number of anilines is 1. The maximum atomic E-state index is 6.25. The fourth-order valence-corrected chi connectivity index (χ4v) is 6.82. The van der Waals surface area contributed by atoms with Crippen molar-refractivity contribution in [1.29, 1.82) is 0 Å². The molecule has 0 spiro atoms. The standard InChI is InChI=1S/C45H39NO2/c1-5-32-8-12-34(13-9-32)29-47-39-21-16-36(17-22-39)45(37-18-23-40(24-19-37)48-30-35-14-10-33(6-2)11-15-35)43-27-31(3)7-25-41(43)42-26-20-38(46-4)28-44(42)45/h5-28,46H,1-2,29-30H2,3-4H3. The minimum absolute atomic E-state index is 0.498. The van der Waals surface area contributed by atoms with Crippen molar-refractivity contribution in [2.24, 2.45) is 0 Å². The summed E-state index contributed by atoms with van der Waals surface area (Å²) >= 11 is 0. The molecule has 0 bridgehead atoms. The normalized spacial score (nSPS) is 12.5. The van der Waals surface area contributed by atoms with Crippen molar-refractivity contribution in [2.75, 3.05) is 12.4 Å². The minimum Gasteiger partial charge on any atom is -0.489 e. The number of benzene rings is 6. The highest BCUT2D eigenvalue weighted by molar-refractivity contribution is 5.88. The van der Waals surface area contributed by atoms with Crippen LogP contribution in [0.5, 0.6) is 11.5 Å². The minimum atomic E-state index is -0.540. The molecule has 0 aromatic heterocycles. The van der Waals surface area contributed by atoms with Crippen molar-refractivity contribution in [3.63, 3.8) is 0 Å². The highest BCUT2D eigenvalue weighted by Gasteiger charge is 2.46. The van der Waals surface area contributed by atoms with E-state index in [0.29, 0.717) is 13.2 Å². The Kier molecular flexibility index (Phi) is 8.44. The molecular formula is C45H39NO2. The van der Waals surface area contributed by atoms with Crippen LogP contribution in [0.15, 0.2) is 147 Å². The maximum absolute atomic E-state index is 6.25. The van der Waals surface area contributed by atoms with Gasteiger partial charge in [-0.25, -0.2) is 0 Å². The predicted molar refractivity (Wildman–Crippen MR) is 200 cm³/mol. The van der Waals surface area contributed by atoms with Crippen molar-refractivity contribution in [2.45, 2.75) is 25.6 Å². The summed E-state index contributed by atoms with van der Waals surface area (Å²) in [5.41, 5.74) is 13.6. The molecule has 7 rings (SSSR count). The van der Waals surface area contributed by atoms with Gasteiger partial charge in [0.1, 0.15) is 24.7 Å². The van der Waals surface area contributed by atoms with Gasteiger partial charge in [-0.05, 0) is 99.0 Å². The Hall–Kier alpha value is -5.80. The number of hydrogen-bond donors (Lipinski definition) is 1. The molecule has 3 nitrogen and oxygen atoms in total. The molecule has 0 saturated carbocycles. The Morgan fingerprint density at radius 1 is 0.562 bits per heavy atom. The van der Waals surface area contributed by atoms with E-state index in [4.69, 9.17) is 9.47 Å². The summed E-state index contributed by atoms with van der Waals surface area (Å²) in [6, 6.07) is 47.4. The smallest absolute Gasteiger partial charge is 0.119 e. The van der Waals surface area contributed by atoms with Gasteiger partial charge < -0.3 is 14.8 Å². The second kappa shape index (κ2) is 13.1. The van der Waals surface area contributed by atoms with Crippen molar-refractivity contribution in [3.8, 4) is 22.6 Å². The fourth-order valence-electron chi connectivity index (χ4n) is 6.82. The van der Waals surface area contributed by atoms with E-state index in [9.17, 15) is 0 Å². The molecule has 0 saturated heterocycles. The third kappa shape index (κ3) is 5.69. The van der Waals surface area contributed by atoms with Gasteiger partial charge in [0.2, 0.25) is 0 Å². The molecule has 0 heterocycles. The van der Waals surface area contributed by atoms with Crippen LogP contribution < -0.4 is 14.8 Å². The number of hydrogen-bond acceptors (Lipinski definition) is 3. The Labute approximate surface area is 283 Å². The van der Waals surface area contributed by atoms with Crippen LogP contribution in [0.25, 0.3) is 23.3 Å². The van der Waals surface area contributed by atoms with Gasteiger partial charge in [0.05, 0.1) is 5.41 Å². The topological polar surface area (TPSA) is 30.5 Å². The largest absolute Gasteiger partial charge is 0.489 e. The van der Waals surface area contributed by atoms with Crippen molar-refractivity contribution in [1.82, 2.24) is 0 Å². The summed E-state index contributed by atoms with van der Waals surface area (Å²) in [4.78, 5) is 0. The zero-order valence-electron chi connectivity index (χ0n) is 27.5. The van der Waals surface area contributed by atoms with Gasteiger partial charge in [-0.2, -0.15) is 0 Å². The summed E-state index contributed by atoms with van der Waals surface area (Å²) in [6.07, 6.45) is 3.70. The second-order valence-corrected chi connectivity index (χ2v) is 12.3. The molecule has 0 atom stereocenters. The van der Waals surface area contributed by atoms with Gasteiger partial charge in [0.25, 0.3) is 0 Å². The lowest BCUT2D eigenvalue weighted by Gasteiger charge is -2.34. The number of fused-ring (bicyclic) bond motifs is 3. The van der Waals surface area contributed by atoms with E-state index >= 15 is 0 Å². The third-order valence-electron chi connectivity index (χ3n) is 9.40. The average Bonchev–Trinajstić information content (AvgIpc) is 3.43. The third-order valence-corrected chi connectivity index (χ3v) is 9.40.